The largest absolute Gasteiger partial charge is 0.479 e. The molecule has 1 aromatic heterocycles. The number of nitrogens with zero attached hydrogens (tertiary/aromatic N) is 2. The molecule has 0 radical (unpaired) electrons. The first kappa shape index (κ1) is 14.7. The normalized spacial score (nSPS) is 14.5. The Morgan fingerprint density at radius 1 is 1.47 bits per heavy atom. The van der Waals surface area contributed by atoms with E-state index in [0.717, 1.165) is 6.33 Å². The number of alkyl halides is 3. The first-order valence-electron chi connectivity index (χ1n) is 4.87. The quantitative estimate of drug-likeness (QED) is 0.619. The zero-order chi connectivity index (χ0) is 14.7. The van der Waals surface area contributed by atoms with Gasteiger partial charge in [0.05, 0.1) is 6.54 Å². The number of carboxylic acids is 1. The number of rotatable bonds is 4. The minimum Gasteiger partial charge on any atom is -0.479 e. The average molecular weight is 281 g/mol. The zero-order valence-corrected chi connectivity index (χ0v) is 9.58. The molecule has 0 aromatic carbocycles. The second-order valence-electron chi connectivity index (χ2n) is 3.67. The molecule has 1 aromatic rings. The summed E-state index contributed by atoms with van der Waals surface area (Å²) in [5.74, 6) is -2.01. The summed E-state index contributed by atoms with van der Waals surface area (Å²) >= 11 is 0. The van der Waals surface area contributed by atoms with Crippen molar-refractivity contribution in [3.05, 3.63) is 12.2 Å². The third kappa shape index (κ3) is 3.33. The van der Waals surface area contributed by atoms with Gasteiger partial charge in [-0.1, -0.05) is 0 Å². The van der Waals surface area contributed by atoms with E-state index >= 15 is 0 Å². The molecule has 106 valence electrons. The number of carbonyl (C=O) groups excluding carboxylic acids is 1. The molecule has 1 atom stereocenters. The topological polar surface area (TPSA) is 120 Å². The van der Waals surface area contributed by atoms with Gasteiger partial charge in [-0.3, -0.25) is 5.10 Å². The summed E-state index contributed by atoms with van der Waals surface area (Å²) in [4.78, 5) is 25.5. The Morgan fingerprint density at radius 2 is 2.11 bits per heavy atom. The second-order valence-corrected chi connectivity index (χ2v) is 3.67. The number of aromatic nitrogens is 3. The molecule has 0 aliphatic carbocycles. The number of carboxylic acid groups (broad SMARTS) is 1. The van der Waals surface area contributed by atoms with E-state index in [9.17, 15) is 22.8 Å². The lowest BCUT2D eigenvalue weighted by Crippen LogP contribution is -2.63. The van der Waals surface area contributed by atoms with Crippen molar-refractivity contribution in [3.63, 3.8) is 0 Å². The van der Waals surface area contributed by atoms with Gasteiger partial charge in [-0.2, -0.15) is 18.3 Å². The van der Waals surface area contributed by atoms with Gasteiger partial charge >= 0.3 is 18.2 Å². The Kier molecular flexibility index (Phi) is 3.97. The molecule has 1 rings (SSSR count). The van der Waals surface area contributed by atoms with Crippen molar-refractivity contribution in [1.29, 1.82) is 0 Å². The van der Waals surface area contributed by atoms with Gasteiger partial charge in [-0.15, -0.1) is 0 Å². The van der Waals surface area contributed by atoms with Crippen LogP contribution in [0, 0.1) is 0 Å². The van der Waals surface area contributed by atoms with Gasteiger partial charge in [0.2, 0.25) is 5.54 Å². The lowest BCUT2D eigenvalue weighted by Gasteiger charge is -2.28. The van der Waals surface area contributed by atoms with Crippen LogP contribution in [0.2, 0.25) is 0 Å². The minimum absolute atomic E-state index is 0.208. The number of aromatic amines is 1. The van der Waals surface area contributed by atoms with Crippen LogP contribution >= 0.6 is 0 Å². The number of carbonyl (C=O) groups is 2. The molecular formula is C8H10F3N5O3. The molecule has 0 saturated carbocycles. The van der Waals surface area contributed by atoms with Crippen LogP contribution in [0.25, 0.3) is 0 Å². The van der Waals surface area contributed by atoms with Gasteiger partial charge in [0.1, 0.15) is 12.2 Å². The fourth-order valence-corrected chi connectivity index (χ4v) is 0.997. The monoisotopic (exact) mass is 281 g/mol. The number of nitrogens with one attached hydrogen (secondary N) is 3. The maximum atomic E-state index is 12.6. The Balaban J connectivity index is 2.65. The van der Waals surface area contributed by atoms with Crippen molar-refractivity contribution >= 4 is 12.0 Å². The van der Waals surface area contributed by atoms with Crippen molar-refractivity contribution in [2.45, 2.75) is 25.2 Å². The Labute approximate surface area is 104 Å². The Morgan fingerprint density at radius 3 is 2.53 bits per heavy atom. The average Bonchev–Trinajstić information content (AvgIpc) is 2.77. The molecule has 11 heteroatoms. The first-order valence-corrected chi connectivity index (χ1v) is 4.87. The molecule has 19 heavy (non-hydrogen) atoms. The number of amides is 2. The maximum absolute atomic E-state index is 12.6. The minimum atomic E-state index is -5.14. The number of halogens is 3. The van der Waals surface area contributed by atoms with E-state index < -0.39 is 23.7 Å². The van der Waals surface area contributed by atoms with E-state index in [2.05, 4.69) is 15.2 Å². The van der Waals surface area contributed by atoms with Crippen molar-refractivity contribution in [1.82, 2.24) is 25.8 Å². The van der Waals surface area contributed by atoms with Crippen LogP contribution in [-0.4, -0.2) is 44.0 Å². The lowest BCUT2D eigenvalue weighted by molar-refractivity contribution is -0.203. The third-order valence-electron chi connectivity index (χ3n) is 2.24. The number of aliphatic carboxylic acids is 1. The highest BCUT2D eigenvalue weighted by atomic mass is 19.4. The summed E-state index contributed by atoms with van der Waals surface area (Å²) in [5, 5.41) is 17.8. The van der Waals surface area contributed by atoms with E-state index in [4.69, 9.17) is 5.11 Å². The van der Waals surface area contributed by atoms with Crippen LogP contribution in [0.15, 0.2) is 6.33 Å². The summed E-state index contributed by atoms with van der Waals surface area (Å²) in [7, 11) is 0. The van der Waals surface area contributed by atoms with Gasteiger partial charge in [0, 0.05) is 0 Å². The zero-order valence-electron chi connectivity index (χ0n) is 9.58. The van der Waals surface area contributed by atoms with Crippen LogP contribution < -0.4 is 10.6 Å². The fraction of sp³-hybridized carbons (Fsp3) is 0.500. The second kappa shape index (κ2) is 5.12. The van der Waals surface area contributed by atoms with Crippen molar-refractivity contribution in [2.75, 3.05) is 0 Å². The van der Waals surface area contributed by atoms with E-state index in [1.807, 2.05) is 5.32 Å². The molecule has 4 N–H and O–H groups in total. The SMILES string of the molecule is CC(NC(=O)NCc1ncn[nH]1)(C(=O)O)C(F)(F)F. The third-order valence-corrected chi connectivity index (χ3v) is 2.24. The molecule has 0 saturated heterocycles. The van der Waals surface area contributed by atoms with Gasteiger partial charge in [-0.05, 0) is 6.92 Å². The maximum Gasteiger partial charge on any atom is 0.422 e. The van der Waals surface area contributed by atoms with Crippen molar-refractivity contribution < 1.29 is 27.9 Å². The highest BCUT2D eigenvalue weighted by Crippen LogP contribution is 2.30. The summed E-state index contributed by atoms with van der Waals surface area (Å²) in [6.07, 6.45) is -3.99. The van der Waals surface area contributed by atoms with Gasteiger partial charge in [-0.25, -0.2) is 14.6 Å². The molecule has 0 fully saturated rings. The van der Waals surface area contributed by atoms with Crippen molar-refractivity contribution in [3.8, 4) is 0 Å². The van der Waals surface area contributed by atoms with E-state index in [-0.39, 0.29) is 12.4 Å². The number of H-pyrrole nitrogens is 1. The molecule has 2 amide bonds. The van der Waals surface area contributed by atoms with Gasteiger partial charge < -0.3 is 15.7 Å². The first-order chi connectivity index (χ1) is 8.67. The van der Waals surface area contributed by atoms with E-state index in [1.165, 1.54) is 5.32 Å². The summed E-state index contributed by atoms with van der Waals surface area (Å²) < 4.78 is 37.7. The highest BCUT2D eigenvalue weighted by molar-refractivity contribution is 5.86. The lowest BCUT2D eigenvalue weighted by atomic mass is 10.0. The summed E-state index contributed by atoms with van der Waals surface area (Å²) in [6, 6.07) is -1.29. The summed E-state index contributed by atoms with van der Waals surface area (Å²) in [5.41, 5.74) is -3.38. The summed E-state index contributed by atoms with van der Waals surface area (Å²) in [6.45, 7) is 0.128. The molecule has 0 aliphatic heterocycles. The standard InChI is InChI=1S/C8H10F3N5O3/c1-7(5(17)18,8(9,10)11)15-6(19)12-2-4-13-3-14-16-4/h3H,2H2,1H3,(H,17,18)(H2,12,15,19)(H,13,14,16). The van der Waals surface area contributed by atoms with Crippen LogP contribution in [0.1, 0.15) is 12.7 Å². The highest BCUT2D eigenvalue weighted by Gasteiger charge is 2.58. The van der Waals surface area contributed by atoms with Crippen LogP contribution in [0.4, 0.5) is 18.0 Å². The molecule has 0 aliphatic rings. The van der Waals surface area contributed by atoms with Crippen LogP contribution in [0.5, 0.6) is 0 Å². The van der Waals surface area contributed by atoms with Crippen LogP contribution in [0.3, 0.4) is 0 Å². The van der Waals surface area contributed by atoms with Gasteiger partial charge in [0.25, 0.3) is 0 Å². The predicted molar refractivity (Wildman–Crippen MR) is 53.8 cm³/mol. The molecule has 1 heterocycles. The van der Waals surface area contributed by atoms with E-state index in [0.29, 0.717) is 6.92 Å². The fourth-order valence-electron chi connectivity index (χ4n) is 0.997. The Hall–Kier alpha value is -2.33. The molecule has 0 bridgehead atoms. The molecule has 8 nitrogen and oxygen atoms in total. The Bertz CT molecular complexity index is 461. The molecule has 0 spiro atoms. The van der Waals surface area contributed by atoms with Gasteiger partial charge in [0.15, 0.2) is 0 Å². The van der Waals surface area contributed by atoms with Crippen molar-refractivity contribution in [2.24, 2.45) is 0 Å². The molecular weight excluding hydrogens is 271 g/mol. The number of hydrogen-bond acceptors (Lipinski definition) is 4. The van der Waals surface area contributed by atoms with E-state index in [1.54, 1.807) is 0 Å². The predicted octanol–water partition coefficient (Wildman–Crippen LogP) is 0.00950. The number of hydrogen-bond donors (Lipinski definition) is 4. The van der Waals surface area contributed by atoms with Crippen LogP contribution in [-0.2, 0) is 11.3 Å². The number of urea groups is 1. The smallest absolute Gasteiger partial charge is 0.422 e. The molecule has 1 unspecified atom stereocenters.